The van der Waals surface area contributed by atoms with Gasteiger partial charge in [0.25, 0.3) is 0 Å². The minimum Gasteiger partial charge on any atom is -0.298 e. The van der Waals surface area contributed by atoms with Gasteiger partial charge in [-0.05, 0) is 12.1 Å². The Hall–Kier alpha value is -1.60. The molecule has 0 fully saturated rings. The van der Waals surface area contributed by atoms with Gasteiger partial charge in [0.15, 0.2) is 0 Å². The molecule has 22 heavy (non-hydrogen) atoms. The van der Waals surface area contributed by atoms with Crippen molar-refractivity contribution in [2.75, 3.05) is 0 Å². The summed E-state index contributed by atoms with van der Waals surface area (Å²) in [5, 5.41) is 0. The van der Waals surface area contributed by atoms with Gasteiger partial charge in [0.2, 0.25) is 0 Å². The van der Waals surface area contributed by atoms with Crippen LogP contribution in [-0.4, -0.2) is 6.29 Å². The second kappa shape index (κ2) is 10.2. The first kappa shape index (κ1) is 18.4. The van der Waals surface area contributed by atoms with Crippen LogP contribution < -0.4 is 0 Å². The van der Waals surface area contributed by atoms with Crippen molar-refractivity contribution in [3.05, 3.63) is 93.1 Å². The zero-order valence-corrected chi connectivity index (χ0v) is 14.9. The van der Waals surface area contributed by atoms with E-state index in [1.165, 1.54) is 3.57 Å². The molecule has 0 aliphatic heterocycles. The van der Waals surface area contributed by atoms with E-state index in [-0.39, 0.29) is 17.1 Å². The number of hydrogen-bond donors (Lipinski definition) is 0. The van der Waals surface area contributed by atoms with Crippen molar-refractivity contribution in [3.63, 3.8) is 0 Å². The molecule has 1 nitrogen and oxygen atoms in total. The van der Waals surface area contributed by atoms with Crippen molar-refractivity contribution in [2.45, 2.75) is 0 Å². The fourth-order valence-corrected chi connectivity index (χ4v) is 2.06. The summed E-state index contributed by atoms with van der Waals surface area (Å²) in [4.78, 5) is 10.5. The van der Waals surface area contributed by atoms with Crippen LogP contribution in [0.4, 0.5) is 0 Å². The molecule has 110 valence electrons. The third-order valence-electron chi connectivity index (χ3n) is 2.66. The van der Waals surface area contributed by atoms with Crippen LogP contribution in [0.5, 0.6) is 0 Å². The summed E-state index contributed by atoms with van der Waals surface area (Å²) in [6.45, 7) is 0. The summed E-state index contributed by atoms with van der Waals surface area (Å²) in [6.07, 6.45) is 0.827. The molecular formula is C19H13FeIO. The first-order valence-corrected chi connectivity index (χ1v) is 7.52. The van der Waals surface area contributed by atoms with E-state index in [1.54, 1.807) is 12.1 Å². The van der Waals surface area contributed by atoms with Crippen molar-refractivity contribution in [1.29, 1.82) is 0 Å². The minimum atomic E-state index is 0. The molecule has 0 saturated heterocycles. The maximum atomic E-state index is 10.5. The summed E-state index contributed by atoms with van der Waals surface area (Å²) < 4.78 is 1.31. The van der Waals surface area contributed by atoms with Crippen LogP contribution in [0.2, 0.25) is 0 Å². The topological polar surface area (TPSA) is 17.1 Å². The van der Waals surface area contributed by atoms with Crippen molar-refractivity contribution in [1.82, 2.24) is 0 Å². The quantitative estimate of drug-likeness (QED) is 0.178. The maximum absolute atomic E-state index is 10.5. The molecule has 3 aromatic rings. The molecule has 3 heteroatoms. The molecule has 0 radical (unpaired) electrons. The minimum absolute atomic E-state index is 0. The Kier molecular flexibility index (Phi) is 8.54. The van der Waals surface area contributed by atoms with Gasteiger partial charge in [-0.25, -0.2) is 12.1 Å². The molecule has 0 saturated carbocycles. The Bertz CT molecular complexity index is 731. The molecule has 3 aromatic carbocycles. The normalized spacial score (nSPS) is 8.59. The largest absolute Gasteiger partial charge is 2.00 e. The van der Waals surface area contributed by atoms with Crippen LogP contribution in [0, 0.1) is 15.4 Å². The van der Waals surface area contributed by atoms with E-state index in [4.69, 9.17) is 0 Å². The van der Waals surface area contributed by atoms with Gasteiger partial charge in [-0.2, -0.15) is 36.3 Å². The fraction of sp³-hybridized carbons (Fsp3) is 0. The van der Waals surface area contributed by atoms with Gasteiger partial charge in [0.1, 0.15) is 6.29 Å². The third-order valence-corrected chi connectivity index (χ3v) is 3.38. The standard InChI is InChI=1S/C14H9O.C5H4I.Fe/c15-11-14-7-3-6-13(10-14)9-8-12-4-1-2-5-12;6-5-3-1-2-4-5;/h1-7,10-11H;1-4H;/q2*-1;+2. The van der Waals surface area contributed by atoms with Crippen LogP contribution in [0.15, 0.2) is 72.8 Å². The summed E-state index contributed by atoms with van der Waals surface area (Å²) in [5.41, 5.74) is 2.51. The Morgan fingerprint density at radius 3 is 2.27 bits per heavy atom. The number of benzene rings is 1. The van der Waals surface area contributed by atoms with E-state index >= 15 is 0 Å². The molecule has 0 bridgehead atoms. The van der Waals surface area contributed by atoms with Gasteiger partial charge in [-0.15, -0.1) is 21.1 Å². The average Bonchev–Trinajstić information content (AvgIpc) is 3.19. The van der Waals surface area contributed by atoms with Gasteiger partial charge in [0, 0.05) is 11.1 Å². The fourth-order valence-electron chi connectivity index (χ4n) is 1.64. The van der Waals surface area contributed by atoms with E-state index < -0.39 is 0 Å². The Balaban J connectivity index is 0.000000293. The van der Waals surface area contributed by atoms with Gasteiger partial charge in [-0.1, -0.05) is 34.7 Å². The first-order chi connectivity index (χ1) is 10.3. The molecule has 0 heterocycles. The molecule has 3 rings (SSSR count). The summed E-state index contributed by atoms with van der Waals surface area (Å²) in [6, 6.07) is 23.3. The van der Waals surface area contributed by atoms with Gasteiger partial charge in [0.05, 0.1) is 0 Å². The zero-order valence-electron chi connectivity index (χ0n) is 11.6. The van der Waals surface area contributed by atoms with Crippen molar-refractivity contribution >= 4 is 28.9 Å². The van der Waals surface area contributed by atoms with Gasteiger partial charge >= 0.3 is 17.1 Å². The SMILES string of the molecule is Ic1ccc[cH-]1.O=Cc1cccc(C#Cc2ccc[cH-]2)c1.[Fe+2]. The second-order valence-electron chi connectivity index (χ2n) is 4.27. The van der Waals surface area contributed by atoms with Gasteiger partial charge < -0.3 is 0 Å². The van der Waals surface area contributed by atoms with Crippen LogP contribution >= 0.6 is 22.6 Å². The average molecular weight is 440 g/mol. The molecule has 0 aromatic heterocycles. The monoisotopic (exact) mass is 440 g/mol. The van der Waals surface area contributed by atoms with E-state index in [0.29, 0.717) is 5.56 Å². The molecule has 0 spiro atoms. The molecule has 0 atom stereocenters. The maximum Gasteiger partial charge on any atom is 2.00 e. The van der Waals surface area contributed by atoms with Crippen molar-refractivity contribution < 1.29 is 21.9 Å². The number of aldehydes is 1. The first-order valence-electron chi connectivity index (χ1n) is 6.44. The molecule has 0 aliphatic carbocycles. The number of carbonyl (C=O) groups is 1. The van der Waals surface area contributed by atoms with E-state index in [0.717, 1.165) is 17.4 Å². The zero-order chi connectivity index (χ0) is 14.9. The van der Waals surface area contributed by atoms with Gasteiger partial charge in [-0.3, -0.25) is 4.79 Å². The van der Waals surface area contributed by atoms with Crippen LogP contribution in [0.1, 0.15) is 21.5 Å². The Morgan fingerprint density at radius 2 is 1.73 bits per heavy atom. The second-order valence-corrected chi connectivity index (χ2v) is 5.52. The summed E-state index contributed by atoms with van der Waals surface area (Å²) >= 11 is 2.28. The molecule has 0 amide bonds. The van der Waals surface area contributed by atoms with Crippen molar-refractivity contribution in [3.8, 4) is 11.8 Å². The smallest absolute Gasteiger partial charge is 0.298 e. The molecule has 0 N–H and O–H groups in total. The third kappa shape index (κ3) is 6.44. The number of halogens is 1. The van der Waals surface area contributed by atoms with Crippen LogP contribution in [-0.2, 0) is 17.1 Å². The number of carbonyl (C=O) groups excluding carboxylic acids is 1. The van der Waals surface area contributed by atoms with E-state index in [2.05, 4.69) is 46.6 Å². The van der Waals surface area contributed by atoms with Crippen molar-refractivity contribution in [2.24, 2.45) is 0 Å². The summed E-state index contributed by atoms with van der Waals surface area (Å²) in [7, 11) is 0. The predicted octanol–water partition coefficient (Wildman–Crippen LogP) is 4.63. The Morgan fingerprint density at radius 1 is 0.955 bits per heavy atom. The number of hydrogen-bond acceptors (Lipinski definition) is 1. The van der Waals surface area contributed by atoms with E-state index in [9.17, 15) is 4.79 Å². The molecular weight excluding hydrogens is 427 g/mol. The predicted molar refractivity (Wildman–Crippen MR) is 94.6 cm³/mol. The summed E-state index contributed by atoms with van der Waals surface area (Å²) in [5.74, 6) is 6.04. The van der Waals surface area contributed by atoms with Crippen LogP contribution in [0.25, 0.3) is 0 Å². The Labute approximate surface area is 155 Å². The molecule has 0 aliphatic rings. The van der Waals surface area contributed by atoms with E-state index in [1.807, 2.05) is 48.5 Å². The van der Waals surface area contributed by atoms with Crippen LogP contribution in [0.3, 0.4) is 0 Å². The number of rotatable bonds is 1. The molecule has 0 unspecified atom stereocenters.